The van der Waals surface area contributed by atoms with Gasteiger partial charge in [0.05, 0.1) is 10.7 Å². The molecule has 0 aromatic heterocycles. The predicted octanol–water partition coefficient (Wildman–Crippen LogP) is 2.36. The molecule has 1 nitrogen and oxygen atoms in total. The fourth-order valence-corrected chi connectivity index (χ4v) is 1.02. The Balaban J connectivity index is 3.03. The summed E-state index contributed by atoms with van der Waals surface area (Å²) in [6.45, 7) is 5.64. The molecule has 0 spiro atoms. The van der Waals surface area contributed by atoms with Gasteiger partial charge in [0, 0.05) is 0 Å². The van der Waals surface area contributed by atoms with Gasteiger partial charge in [-0.2, -0.15) is 0 Å². The van der Waals surface area contributed by atoms with Crippen molar-refractivity contribution in [2.45, 2.75) is 19.4 Å². The quantitative estimate of drug-likeness (QED) is 0.406. The summed E-state index contributed by atoms with van der Waals surface area (Å²) in [6, 6.07) is 0. The molecule has 1 unspecified atom stereocenters. The van der Waals surface area contributed by atoms with Gasteiger partial charge in [-0.25, -0.2) is 0 Å². The first-order valence-corrected chi connectivity index (χ1v) is 4.12. The van der Waals surface area contributed by atoms with Gasteiger partial charge in [0.15, 0.2) is 0 Å². The van der Waals surface area contributed by atoms with Crippen LogP contribution in [-0.4, -0.2) is 10.7 Å². The Morgan fingerprint density at radius 3 is 2.88 bits per heavy atom. The molecule has 8 heavy (non-hydrogen) atoms. The van der Waals surface area contributed by atoms with Crippen LogP contribution >= 0.6 is 22.6 Å². The largest absolute Gasteiger partial charge is 0.368 e. The molecule has 0 aliphatic carbocycles. The summed E-state index contributed by atoms with van der Waals surface area (Å²) in [5.74, 6) is 0. The minimum atomic E-state index is 0.337. The molecule has 0 aliphatic rings. The van der Waals surface area contributed by atoms with Crippen molar-refractivity contribution in [3.63, 3.8) is 0 Å². The monoisotopic (exact) mass is 226 g/mol. The maximum Gasteiger partial charge on any atom is 0.0983 e. The van der Waals surface area contributed by atoms with Crippen molar-refractivity contribution in [3.05, 3.63) is 12.7 Å². The van der Waals surface area contributed by atoms with Crippen LogP contribution in [0.2, 0.25) is 0 Å². The summed E-state index contributed by atoms with van der Waals surface area (Å²) in [6.07, 6.45) is 3.16. The van der Waals surface area contributed by atoms with Gasteiger partial charge in [0.1, 0.15) is 0 Å². The van der Waals surface area contributed by atoms with Crippen molar-refractivity contribution >= 4 is 22.6 Å². The van der Waals surface area contributed by atoms with Crippen LogP contribution in [0.1, 0.15) is 13.3 Å². The van der Waals surface area contributed by atoms with Crippen molar-refractivity contribution in [3.8, 4) is 0 Å². The number of hydrogen-bond acceptors (Lipinski definition) is 1. The zero-order chi connectivity index (χ0) is 6.41. The Bertz CT molecular complexity index is 63.5. The van der Waals surface area contributed by atoms with E-state index < -0.39 is 0 Å². The number of halogens is 1. The van der Waals surface area contributed by atoms with E-state index in [1.165, 1.54) is 0 Å². The van der Waals surface area contributed by atoms with Crippen LogP contribution in [0.25, 0.3) is 0 Å². The van der Waals surface area contributed by atoms with Crippen molar-refractivity contribution in [1.82, 2.24) is 0 Å². The van der Waals surface area contributed by atoms with Gasteiger partial charge in [0.2, 0.25) is 0 Å². The molecule has 48 valence electrons. The zero-order valence-corrected chi connectivity index (χ0v) is 7.22. The summed E-state index contributed by atoms with van der Waals surface area (Å²) in [5, 5.41) is 0. The summed E-state index contributed by atoms with van der Waals surface area (Å²) in [7, 11) is 0. The van der Waals surface area contributed by atoms with Crippen molar-refractivity contribution < 1.29 is 4.74 Å². The Morgan fingerprint density at radius 2 is 2.50 bits per heavy atom. The summed E-state index contributed by atoms with van der Waals surface area (Å²) in [5.41, 5.74) is 0. The van der Waals surface area contributed by atoms with Crippen LogP contribution < -0.4 is 0 Å². The SMILES string of the molecule is C=CCC(C)OCI. The normalized spacial score (nSPS) is 13.2. The molecule has 0 amide bonds. The van der Waals surface area contributed by atoms with Gasteiger partial charge in [-0.3, -0.25) is 0 Å². The highest BCUT2D eigenvalue weighted by atomic mass is 127. The number of hydrogen-bond donors (Lipinski definition) is 0. The average molecular weight is 226 g/mol. The lowest BCUT2D eigenvalue weighted by Gasteiger charge is -2.05. The van der Waals surface area contributed by atoms with Crippen LogP contribution in [0, 0.1) is 0 Å². The Kier molecular flexibility index (Phi) is 5.86. The lowest BCUT2D eigenvalue weighted by atomic mass is 10.3. The van der Waals surface area contributed by atoms with Crippen LogP contribution in [-0.2, 0) is 4.74 Å². The van der Waals surface area contributed by atoms with E-state index >= 15 is 0 Å². The Morgan fingerprint density at radius 1 is 1.88 bits per heavy atom. The number of ether oxygens (including phenoxy) is 1. The maximum absolute atomic E-state index is 5.20. The van der Waals surface area contributed by atoms with E-state index in [9.17, 15) is 0 Å². The smallest absolute Gasteiger partial charge is 0.0983 e. The maximum atomic E-state index is 5.20. The van der Waals surface area contributed by atoms with Gasteiger partial charge in [0.25, 0.3) is 0 Å². The van der Waals surface area contributed by atoms with Gasteiger partial charge in [-0.1, -0.05) is 28.7 Å². The Hall–Kier alpha value is 0.430. The summed E-state index contributed by atoms with van der Waals surface area (Å²) >= 11 is 2.19. The first kappa shape index (κ1) is 8.43. The third-order valence-electron chi connectivity index (χ3n) is 0.846. The molecule has 1 atom stereocenters. The second-order valence-corrected chi connectivity index (χ2v) is 2.23. The first-order valence-electron chi connectivity index (χ1n) is 2.59. The van der Waals surface area contributed by atoms with E-state index in [-0.39, 0.29) is 0 Å². The van der Waals surface area contributed by atoms with E-state index in [1.807, 2.05) is 13.0 Å². The molecule has 2 heteroatoms. The highest BCUT2D eigenvalue weighted by molar-refractivity contribution is 14.1. The van der Waals surface area contributed by atoms with E-state index in [4.69, 9.17) is 4.74 Å². The highest BCUT2D eigenvalue weighted by Gasteiger charge is 1.94. The molecular formula is C6H11IO. The van der Waals surface area contributed by atoms with E-state index in [0.717, 1.165) is 11.0 Å². The van der Waals surface area contributed by atoms with E-state index in [2.05, 4.69) is 29.2 Å². The molecule has 0 aromatic carbocycles. The molecular weight excluding hydrogens is 215 g/mol. The standard InChI is InChI=1S/C6H11IO/c1-3-4-6(2)8-5-7/h3,6H,1,4-5H2,2H3. The van der Waals surface area contributed by atoms with Gasteiger partial charge < -0.3 is 4.74 Å². The zero-order valence-electron chi connectivity index (χ0n) is 5.06. The predicted molar refractivity (Wildman–Crippen MR) is 44.2 cm³/mol. The molecule has 0 rings (SSSR count). The number of rotatable bonds is 4. The first-order chi connectivity index (χ1) is 3.81. The molecule has 0 N–H and O–H groups in total. The minimum Gasteiger partial charge on any atom is -0.368 e. The molecule has 0 heterocycles. The van der Waals surface area contributed by atoms with Crippen LogP contribution in [0.3, 0.4) is 0 Å². The molecule has 0 aromatic rings. The molecule has 0 fully saturated rings. The number of alkyl halides is 1. The topological polar surface area (TPSA) is 9.23 Å². The fourth-order valence-electron chi connectivity index (χ4n) is 0.410. The highest BCUT2D eigenvalue weighted by Crippen LogP contribution is 1.98. The third-order valence-corrected chi connectivity index (χ3v) is 1.21. The fraction of sp³-hybridized carbons (Fsp3) is 0.667. The summed E-state index contributed by atoms with van der Waals surface area (Å²) < 4.78 is 5.97. The van der Waals surface area contributed by atoms with E-state index in [0.29, 0.717) is 6.10 Å². The molecule has 0 saturated heterocycles. The molecule has 0 aliphatic heterocycles. The van der Waals surface area contributed by atoms with Crippen LogP contribution in [0.15, 0.2) is 12.7 Å². The van der Waals surface area contributed by atoms with Crippen molar-refractivity contribution in [1.29, 1.82) is 0 Å². The minimum absolute atomic E-state index is 0.337. The van der Waals surface area contributed by atoms with Crippen LogP contribution in [0.5, 0.6) is 0 Å². The second-order valence-electron chi connectivity index (χ2n) is 1.61. The lowest BCUT2D eigenvalue weighted by Crippen LogP contribution is -2.03. The van der Waals surface area contributed by atoms with E-state index in [1.54, 1.807) is 0 Å². The molecule has 0 bridgehead atoms. The Labute approximate surface area is 64.2 Å². The average Bonchev–Trinajstić information content (AvgIpc) is 1.68. The lowest BCUT2D eigenvalue weighted by molar-refractivity contribution is 0.114. The van der Waals surface area contributed by atoms with Gasteiger partial charge in [-0.15, -0.1) is 6.58 Å². The third kappa shape index (κ3) is 4.59. The molecule has 0 saturated carbocycles. The second kappa shape index (κ2) is 5.56. The van der Waals surface area contributed by atoms with Crippen molar-refractivity contribution in [2.75, 3.05) is 4.61 Å². The van der Waals surface area contributed by atoms with Gasteiger partial charge >= 0.3 is 0 Å². The van der Waals surface area contributed by atoms with Gasteiger partial charge in [-0.05, 0) is 13.3 Å². The molecule has 0 radical (unpaired) electrons. The van der Waals surface area contributed by atoms with Crippen LogP contribution in [0.4, 0.5) is 0 Å². The summed E-state index contributed by atoms with van der Waals surface area (Å²) in [4.78, 5) is 0. The van der Waals surface area contributed by atoms with Crippen molar-refractivity contribution in [2.24, 2.45) is 0 Å².